The van der Waals surface area contributed by atoms with Crippen LogP contribution < -0.4 is 0 Å². The predicted octanol–water partition coefficient (Wildman–Crippen LogP) is 5.13. The van der Waals surface area contributed by atoms with Gasteiger partial charge in [-0.05, 0) is 6.42 Å². The highest BCUT2D eigenvalue weighted by Crippen LogP contribution is 2.51. The molecule has 0 bridgehead atoms. The summed E-state index contributed by atoms with van der Waals surface area (Å²) in [6.45, 7) is 3.54. The molecule has 142 valence electrons. The monoisotopic (exact) mass is 374 g/mol. The first-order valence-corrected chi connectivity index (χ1v) is 6.67. The van der Waals surface area contributed by atoms with Gasteiger partial charge in [0.2, 0.25) is 0 Å². The molecule has 0 aliphatic rings. The van der Waals surface area contributed by atoms with E-state index in [1.54, 1.807) is 6.92 Å². The van der Waals surface area contributed by atoms with Crippen LogP contribution in [0.25, 0.3) is 0 Å². The Morgan fingerprint density at radius 3 is 1.88 bits per heavy atom. The van der Waals surface area contributed by atoms with E-state index in [1.165, 1.54) is 0 Å². The van der Waals surface area contributed by atoms with Gasteiger partial charge in [0, 0.05) is 12.8 Å². The first kappa shape index (κ1) is 22.6. The van der Waals surface area contributed by atoms with Crippen molar-refractivity contribution in [3.63, 3.8) is 0 Å². The average molecular weight is 374 g/mol. The Kier molecular flexibility index (Phi) is 7.19. The Morgan fingerprint density at radius 1 is 0.958 bits per heavy atom. The molecule has 0 rings (SSSR count). The fraction of sp³-hybridized carbons (Fsp3) is 0.769. The van der Waals surface area contributed by atoms with E-state index in [0.29, 0.717) is 6.42 Å². The summed E-state index contributed by atoms with van der Waals surface area (Å²) in [5.41, 5.74) is -2.25. The van der Waals surface area contributed by atoms with Gasteiger partial charge in [-0.3, -0.25) is 0 Å². The Morgan fingerprint density at radius 2 is 1.46 bits per heavy atom. The zero-order valence-electron chi connectivity index (χ0n) is 12.5. The van der Waals surface area contributed by atoms with E-state index in [-0.39, 0.29) is 6.42 Å². The van der Waals surface area contributed by atoms with E-state index in [9.17, 15) is 44.3 Å². The largest absolute Gasteiger partial charge is 0.462 e. The fourth-order valence-corrected chi connectivity index (χ4v) is 1.40. The summed E-state index contributed by atoms with van der Waals surface area (Å²) in [5, 5.41) is 0. The Hall–Kier alpha value is -1.42. The molecule has 0 spiro atoms. The molecule has 0 fully saturated rings. The number of ether oxygens (including phenoxy) is 1. The van der Waals surface area contributed by atoms with Gasteiger partial charge in [0.05, 0.1) is 6.61 Å². The molecule has 0 aliphatic heterocycles. The minimum atomic E-state index is -6.26. The van der Waals surface area contributed by atoms with Crippen LogP contribution in [0.2, 0.25) is 0 Å². The molecule has 0 N–H and O–H groups in total. The summed E-state index contributed by atoms with van der Waals surface area (Å²) < 4.78 is 120. The highest BCUT2D eigenvalue weighted by atomic mass is 19.4. The van der Waals surface area contributed by atoms with Gasteiger partial charge in [0.1, 0.15) is 5.57 Å². The molecule has 0 radical (unpaired) electrons. The van der Waals surface area contributed by atoms with E-state index >= 15 is 0 Å². The third-order valence-electron chi connectivity index (χ3n) is 2.93. The van der Waals surface area contributed by atoms with Crippen LogP contribution in [0.3, 0.4) is 0 Å². The molecular weight excluding hydrogens is 359 g/mol. The number of esters is 1. The molecule has 0 heterocycles. The molecule has 0 aliphatic carbocycles. The first-order chi connectivity index (χ1) is 10.6. The van der Waals surface area contributed by atoms with Gasteiger partial charge in [-0.25, -0.2) is 4.79 Å². The van der Waals surface area contributed by atoms with Crippen LogP contribution in [-0.4, -0.2) is 36.5 Å². The number of carbonyl (C=O) groups excluding carboxylic acids is 1. The number of unbranched alkanes of at least 4 members (excludes halogenated alkanes) is 1. The summed E-state index contributed by atoms with van der Waals surface area (Å²) in [6, 6.07) is 0. The average Bonchev–Trinajstić information content (AvgIpc) is 2.43. The highest BCUT2D eigenvalue weighted by Gasteiger charge is 2.73. The Labute approximate surface area is 131 Å². The van der Waals surface area contributed by atoms with Crippen LogP contribution in [0.1, 0.15) is 32.6 Å². The minimum Gasteiger partial charge on any atom is -0.462 e. The number of rotatable bonds is 9. The van der Waals surface area contributed by atoms with Crippen LogP contribution in [-0.2, 0) is 9.53 Å². The van der Waals surface area contributed by atoms with Gasteiger partial charge in [-0.2, -0.15) is 39.5 Å². The Bertz CT molecular complexity index is 455. The number of carbonyl (C=O) groups is 1. The summed E-state index contributed by atoms with van der Waals surface area (Å²) in [4.78, 5) is 11.2. The van der Waals surface area contributed by atoms with Gasteiger partial charge in [-0.15, -0.1) is 0 Å². The van der Waals surface area contributed by atoms with Crippen molar-refractivity contribution in [2.75, 3.05) is 6.61 Å². The van der Waals surface area contributed by atoms with Crippen molar-refractivity contribution in [3.8, 4) is 0 Å². The normalized spacial score (nSPS) is 13.8. The van der Waals surface area contributed by atoms with Crippen LogP contribution in [0, 0.1) is 0 Å². The van der Waals surface area contributed by atoms with E-state index in [2.05, 4.69) is 11.3 Å². The zero-order chi connectivity index (χ0) is 19.4. The smallest absolute Gasteiger partial charge is 0.389 e. The quantitative estimate of drug-likeness (QED) is 0.242. The van der Waals surface area contributed by atoms with E-state index in [1.807, 2.05) is 0 Å². The molecule has 0 saturated heterocycles. The number of halogens is 9. The number of alkyl halides is 9. The maximum absolute atomic E-state index is 13.6. The zero-order valence-corrected chi connectivity index (χ0v) is 12.5. The second-order valence-electron chi connectivity index (χ2n) is 4.94. The third-order valence-corrected chi connectivity index (χ3v) is 2.93. The molecule has 0 amide bonds. The summed E-state index contributed by atoms with van der Waals surface area (Å²) in [6.07, 6.45) is -9.56. The predicted molar refractivity (Wildman–Crippen MR) is 65.1 cm³/mol. The van der Waals surface area contributed by atoms with Crippen molar-refractivity contribution in [2.24, 2.45) is 0 Å². The fourth-order valence-electron chi connectivity index (χ4n) is 1.40. The van der Waals surface area contributed by atoms with E-state index in [0.717, 1.165) is 0 Å². The van der Waals surface area contributed by atoms with Gasteiger partial charge in [-0.1, -0.05) is 19.9 Å². The molecule has 0 aromatic heterocycles. The standard InChI is InChI=1S/C13H15F9O2/c1-3-4-7-24-9(23)8(2)12(19,20)13(21,22)10(14,15)5-6-11(16,17)18/h2-7H2,1H3. The van der Waals surface area contributed by atoms with Gasteiger partial charge >= 0.3 is 29.9 Å². The summed E-state index contributed by atoms with van der Waals surface area (Å²) in [7, 11) is 0. The topological polar surface area (TPSA) is 26.3 Å². The van der Waals surface area contributed by atoms with Crippen molar-refractivity contribution < 1.29 is 49.0 Å². The maximum Gasteiger partial charge on any atom is 0.389 e. The van der Waals surface area contributed by atoms with Gasteiger partial charge in [0.15, 0.2) is 0 Å². The molecule has 0 unspecified atom stereocenters. The van der Waals surface area contributed by atoms with Crippen LogP contribution >= 0.6 is 0 Å². The number of hydrogen-bond donors (Lipinski definition) is 0. The maximum atomic E-state index is 13.6. The van der Waals surface area contributed by atoms with E-state index < -0.39 is 54.9 Å². The van der Waals surface area contributed by atoms with Crippen molar-refractivity contribution in [3.05, 3.63) is 12.2 Å². The molecule has 2 nitrogen and oxygen atoms in total. The molecule has 24 heavy (non-hydrogen) atoms. The second-order valence-corrected chi connectivity index (χ2v) is 4.94. The lowest BCUT2D eigenvalue weighted by Crippen LogP contribution is -2.56. The molecule has 11 heteroatoms. The second kappa shape index (κ2) is 7.64. The van der Waals surface area contributed by atoms with Crippen LogP contribution in [0.4, 0.5) is 39.5 Å². The number of hydrogen-bond acceptors (Lipinski definition) is 2. The Balaban J connectivity index is 5.26. The molecule has 0 atom stereocenters. The molecule has 0 aromatic carbocycles. The third kappa shape index (κ3) is 5.30. The van der Waals surface area contributed by atoms with Crippen LogP contribution in [0.5, 0.6) is 0 Å². The highest BCUT2D eigenvalue weighted by molar-refractivity contribution is 5.89. The minimum absolute atomic E-state index is 0.197. The van der Waals surface area contributed by atoms with Gasteiger partial charge < -0.3 is 4.74 Å². The molecular formula is C13H15F9O2. The van der Waals surface area contributed by atoms with Crippen molar-refractivity contribution in [2.45, 2.75) is 56.6 Å². The SMILES string of the molecule is C=C(C(=O)OCCCC)C(F)(F)C(F)(F)C(F)(F)CCC(F)(F)F. The lowest BCUT2D eigenvalue weighted by Gasteiger charge is -2.33. The summed E-state index contributed by atoms with van der Waals surface area (Å²) >= 11 is 0. The summed E-state index contributed by atoms with van der Waals surface area (Å²) in [5.74, 6) is -19.8. The first-order valence-electron chi connectivity index (χ1n) is 6.67. The van der Waals surface area contributed by atoms with Crippen molar-refractivity contribution in [1.82, 2.24) is 0 Å². The lowest BCUT2D eigenvalue weighted by atomic mass is 9.95. The molecule has 0 saturated carbocycles. The lowest BCUT2D eigenvalue weighted by molar-refractivity contribution is -0.302. The van der Waals surface area contributed by atoms with E-state index in [4.69, 9.17) is 0 Å². The van der Waals surface area contributed by atoms with Crippen LogP contribution in [0.15, 0.2) is 12.2 Å². The van der Waals surface area contributed by atoms with Gasteiger partial charge in [0.25, 0.3) is 0 Å². The molecule has 0 aromatic rings. The van der Waals surface area contributed by atoms with Crippen molar-refractivity contribution >= 4 is 5.97 Å². The van der Waals surface area contributed by atoms with Crippen molar-refractivity contribution in [1.29, 1.82) is 0 Å².